The highest BCUT2D eigenvalue weighted by Gasteiger charge is 2.18. The van der Waals surface area contributed by atoms with Crippen LogP contribution >= 0.6 is 11.3 Å². The lowest BCUT2D eigenvalue weighted by Gasteiger charge is -2.28. The minimum absolute atomic E-state index is 0.142. The van der Waals surface area contributed by atoms with Crippen LogP contribution in [0.2, 0.25) is 0 Å². The molecule has 0 amide bonds. The highest BCUT2D eigenvalue weighted by atomic mass is 32.2. The van der Waals surface area contributed by atoms with Crippen LogP contribution in [0.4, 0.5) is 5.69 Å². The van der Waals surface area contributed by atoms with Gasteiger partial charge in [-0.15, -0.1) is 5.10 Å². The van der Waals surface area contributed by atoms with Crippen LogP contribution in [0.3, 0.4) is 0 Å². The van der Waals surface area contributed by atoms with Gasteiger partial charge in [-0.25, -0.2) is 23.1 Å². The molecule has 8 nitrogen and oxygen atoms in total. The number of ether oxygens (including phenoxy) is 1. The van der Waals surface area contributed by atoms with E-state index in [9.17, 15) is 8.42 Å². The van der Waals surface area contributed by atoms with Gasteiger partial charge in [0.25, 0.3) is 10.0 Å². The summed E-state index contributed by atoms with van der Waals surface area (Å²) in [5.74, 6) is 0. The highest BCUT2D eigenvalue weighted by Crippen LogP contribution is 2.27. The zero-order valence-electron chi connectivity index (χ0n) is 12.6. The number of nitrogens with zero attached hydrogens (tertiary/aromatic N) is 4. The summed E-state index contributed by atoms with van der Waals surface area (Å²) in [7, 11) is -3.83. The minimum atomic E-state index is -3.83. The second-order valence-electron chi connectivity index (χ2n) is 5.40. The van der Waals surface area contributed by atoms with Crippen molar-refractivity contribution in [3.8, 4) is 11.3 Å². The molecule has 1 aliphatic heterocycles. The van der Waals surface area contributed by atoms with Crippen LogP contribution in [0.1, 0.15) is 0 Å². The van der Waals surface area contributed by atoms with Gasteiger partial charge >= 0.3 is 0 Å². The fourth-order valence-corrected chi connectivity index (χ4v) is 4.14. The predicted molar refractivity (Wildman–Crippen MR) is 90.7 cm³/mol. The van der Waals surface area contributed by atoms with E-state index in [1.165, 1.54) is 4.52 Å². The molecule has 1 saturated heterocycles. The SMILES string of the molecule is NS(=O)(=O)c1nn2c(-c3ccc(N4CCOCC4)cc3)cnc2s1. The first-order valence-corrected chi connectivity index (χ1v) is 9.69. The number of primary sulfonamides is 1. The number of morpholine rings is 1. The summed E-state index contributed by atoms with van der Waals surface area (Å²) in [5, 5.41) is 9.20. The first-order chi connectivity index (χ1) is 11.5. The number of hydrogen-bond acceptors (Lipinski definition) is 7. The molecule has 2 aromatic heterocycles. The maximum Gasteiger partial charge on any atom is 0.267 e. The molecule has 1 fully saturated rings. The number of imidazole rings is 1. The molecule has 2 N–H and O–H groups in total. The third kappa shape index (κ3) is 2.77. The van der Waals surface area contributed by atoms with Crippen molar-refractivity contribution in [2.75, 3.05) is 31.2 Å². The van der Waals surface area contributed by atoms with Gasteiger partial charge in [-0.1, -0.05) is 23.5 Å². The number of rotatable bonds is 3. The maximum absolute atomic E-state index is 11.4. The molecule has 126 valence electrons. The van der Waals surface area contributed by atoms with Crippen molar-refractivity contribution in [3.63, 3.8) is 0 Å². The van der Waals surface area contributed by atoms with Gasteiger partial charge in [-0.05, 0) is 12.1 Å². The van der Waals surface area contributed by atoms with Gasteiger partial charge in [-0.3, -0.25) is 0 Å². The van der Waals surface area contributed by atoms with Crippen molar-refractivity contribution in [1.82, 2.24) is 14.6 Å². The van der Waals surface area contributed by atoms with Gasteiger partial charge in [0, 0.05) is 24.3 Å². The van der Waals surface area contributed by atoms with E-state index in [1.807, 2.05) is 24.3 Å². The van der Waals surface area contributed by atoms with Gasteiger partial charge in [0.05, 0.1) is 25.1 Å². The number of nitrogens with two attached hydrogens (primary N) is 1. The van der Waals surface area contributed by atoms with Crippen molar-refractivity contribution >= 4 is 32.0 Å². The lowest BCUT2D eigenvalue weighted by atomic mass is 10.1. The van der Waals surface area contributed by atoms with E-state index in [1.54, 1.807) is 6.20 Å². The van der Waals surface area contributed by atoms with E-state index >= 15 is 0 Å². The Hall–Kier alpha value is -2.01. The number of sulfonamides is 1. The fraction of sp³-hybridized carbons (Fsp3) is 0.286. The van der Waals surface area contributed by atoms with Gasteiger partial charge in [0.1, 0.15) is 0 Å². The average molecular weight is 365 g/mol. The second-order valence-corrected chi connectivity index (χ2v) is 8.09. The monoisotopic (exact) mass is 365 g/mol. The molecule has 0 unspecified atom stereocenters. The van der Waals surface area contributed by atoms with Crippen molar-refractivity contribution < 1.29 is 13.2 Å². The van der Waals surface area contributed by atoms with Crippen LogP contribution in [0.25, 0.3) is 16.2 Å². The van der Waals surface area contributed by atoms with Gasteiger partial charge < -0.3 is 9.64 Å². The Bertz CT molecular complexity index is 972. The molecule has 0 atom stereocenters. The average Bonchev–Trinajstić information content (AvgIpc) is 3.16. The third-order valence-electron chi connectivity index (χ3n) is 3.85. The molecular formula is C14H15N5O3S2. The molecule has 1 aliphatic rings. The molecule has 3 aromatic rings. The van der Waals surface area contributed by atoms with Crippen LogP contribution in [0.5, 0.6) is 0 Å². The summed E-state index contributed by atoms with van der Waals surface area (Å²) in [4.78, 5) is 6.97. The van der Waals surface area contributed by atoms with Gasteiger partial charge in [0.2, 0.25) is 9.30 Å². The Morgan fingerprint density at radius 3 is 2.54 bits per heavy atom. The predicted octanol–water partition coefficient (Wildman–Crippen LogP) is 0.942. The quantitative estimate of drug-likeness (QED) is 0.741. The Labute approximate surface area is 142 Å². The Morgan fingerprint density at radius 1 is 1.17 bits per heavy atom. The molecule has 0 radical (unpaired) electrons. The first kappa shape index (κ1) is 15.5. The largest absolute Gasteiger partial charge is 0.378 e. The first-order valence-electron chi connectivity index (χ1n) is 7.33. The van der Waals surface area contributed by atoms with Gasteiger partial charge in [0.15, 0.2) is 0 Å². The van der Waals surface area contributed by atoms with Crippen LogP contribution in [0.15, 0.2) is 34.8 Å². The van der Waals surface area contributed by atoms with Gasteiger partial charge in [-0.2, -0.15) is 0 Å². The normalized spacial score (nSPS) is 16.0. The van der Waals surface area contributed by atoms with Crippen molar-refractivity contribution in [2.45, 2.75) is 4.34 Å². The molecule has 0 bridgehead atoms. The molecule has 4 rings (SSSR count). The summed E-state index contributed by atoms with van der Waals surface area (Å²) in [6.07, 6.45) is 1.68. The third-order valence-corrected chi connectivity index (χ3v) is 6.08. The van der Waals surface area contributed by atoms with Crippen molar-refractivity contribution in [1.29, 1.82) is 0 Å². The summed E-state index contributed by atoms with van der Waals surface area (Å²) >= 11 is 0.951. The van der Waals surface area contributed by atoms with E-state index in [0.717, 1.165) is 54.6 Å². The Morgan fingerprint density at radius 2 is 1.88 bits per heavy atom. The zero-order valence-corrected chi connectivity index (χ0v) is 14.3. The lowest BCUT2D eigenvalue weighted by Crippen LogP contribution is -2.36. The van der Waals surface area contributed by atoms with Crippen LogP contribution < -0.4 is 10.0 Å². The topological polar surface area (TPSA) is 103 Å². The number of fused-ring (bicyclic) bond motifs is 1. The van der Waals surface area contributed by atoms with E-state index in [-0.39, 0.29) is 4.34 Å². The second kappa shape index (κ2) is 5.81. The maximum atomic E-state index is 11.4. The summed E-state index contributed by atoms with van der Waals surface area (Å²) < 4.78 is 29.6. The van der Waals surface area contributed by atoms with Crippen molar-refractivity contribution in [2.24, 2.45) is 5.14 Å². The zero-order chi connectivity index (χ0) is 16.7. The standard InChI is InChI=1S/C14H15N5O3S2/c15-24(20,21)14-17-19-12(9-16-13(19)23-14)10-1-3-11(4-2-10)18-5-7-22-8-6-18/h1-4,9H,5-8H2,(H2,15,20,21). The van der Waals surface area contributed by atoms with Crippen LogP contribution in [-0.4, -0.2) is 49.3 Å². The molecule has 3 heterocycles. The minimum Gasteiger partial charge on any atom is -0.378 e. The number of anilines is 1. The van der Waals surface area contributed by atoms with E-state index in [0.29, 0.717) is 4.96 Å². The molecular weight excluding hydrogens is 350 g/mol. The molecule has 1 aromatic carbocycles. The van der Waals surface area contributed by atoms with E-state index in [2.05, 4.69) is 15.0 Å². The number of benzene rings is 1. The Balaban J connectivity index is 1.68. The molecule has 10 heteroatoms. The summed E-state index contributed by atoms with van der Waals surface area (Å²) in [6, 6.07) is 8.02. The van der Waals surface area contributed by atoms with E-state index in [4.69, 9.17) is 9.88 Å². The molecule has 0 spiro atoms. The van der Waals surface area contributed by atoms with Crippen LogP contribution in [-0.2, 0) is 14.8 Å². The van der Waals surface area contributed by atoms with E-state index < -0.39 is 10.0 Å². The Kier molecular flexibility index (Phi) is 3.76. The number of hydrogen-bond donors (Lipinski definition) is 1. The molecule has 0 saturated carbocycles. The summed E-state index contributed by atoms with van der Waals surface area (Å²) in [6.45, 7) is 3.22. The summed E-state index contributed by atoms with van der Waals surface area (Å²) in [5.41, 5.74) is 2.77. The number of aromatic nitrogens is 3. The molecule has 24 heavy (non-hydrogen) atoms. The van der Waals surface area contributed by atoms with Crippen LogP contribution in [0, 0.1) is 0 Å². The smallest absolute Gasteiger partial charge is 0.267 e. The fourth-order valence-electron chi connectivity index (χ4n) is 2.65. The molecule has 0 aliphatic carbocycles. The lowest BCUT2D eigenvalue weighted by molar-refractivity contribution is 0.122. The van der Waals surface area contributed by atoms with Crippen molar-refractivity contribution in [3.05, 3.63) is 30.5 Å². The highest BCUT2D eigenvalue weighted by molar-refractivity contribution is 7.91.